The maximum absolute atomic E-state index is 12.6. The lowest BCUT2D eigenvalue weighted by Crippen LogP contribution is -2.30. The second kappa shape index (κ2) is 12.7. The Morgan fingerprint density at radius 2 is 1.83 bits per heavy atom. The van der Waals surface area contributed by atoms with Crippen molar-refractivity contribution in [3.8, 4) is 0 Å². The number of hydrogen-bond donors (Lipinski definition) is 1. The Kier molecular flexibility index (Phi) is 9.44. The van der Waals surface area contributed by atoms with E-state index in [-0.39, 0.29) is 17.2 Å². The highest BCUT2D eigenvalue weighted by molar-refractivity contribution is 8.00. The fourth-order valence-corrected chi connectivity index (χ4v) is 6.46. The molecule has 1 aliphatic heterocycles. The van der Waals surface area contributed by atoms with E-state index in [0.717, 1.165) is 29.1 Å². The van der Waals surface area contributed by atoms with Gasteiger partial charge in [0.2, 0.25) is 5.91 Å². The molecule has 4 nitrogen and oxygen atoms in total. The van der Waals surface area contributed by atoms with Crippen molar-refractivity contribution in [2.24, 2.45) is 0 Å². The molecule has 1 atom stereocenters. The molecule has 35 heavy (non-hydrogen) atoms. The van der Waals surface area contributed by atoms with Crippen LogP contribution in [0.2, 0.25) is 10.0 Å². The number of nitrogens with zero attached hydrogens (tertiary/aromatic N) is 1. The number of hydrogen-bond acceptors (Lipinski definition) is 4. The SMILES string of the molecule is O=C(NCCSCc1ccc(Cl)cc1Cl)c1ccc([C@@H]2SCC(=O)N2CCc2ccccc2)cc1. The van der Waals surface area contributed by atoms with Gasteiger partial charge in [-0.05, 0) is 47.4 Å². The maximum Gasteiger partial charge on any atom is 0.251 e. The summed E-state index contributed by atoms with van der Waals surface area (Å²) >= 11 is 15.5. The van der Waals surface area contributed by atoms with Crippen LogP contribution in [0.5, 0.6) is 0 Å². The molecule has 1 heterocycles. The number of carbonyl (C=O) groups excluding carboxylic acids is 2. The van der Waals surface area contributed by atoms with Crippen LogP contribution in [0.3, 0.4) is 0 Å². The Hall–Kier alpha value is -2.12. The second-order valence-corrected chi connectivity index (χ2v) is 11.2. The minimum absolute atomic E-state index is 0.0144. The number of thioether (sulfide) groups is 2. The zero-order valence-electron chi connectivity index (χ0n) is 19.1. The van der Waals surface area contributed by atoms with Crippen molar-refractivity contribution in [2.75, 3.05) is 24.6 Å². The summed E-state index contributed by atoms with van der Waals surface area (Å²) < 4.78 is 0. The zero-order valence-corrected chi connectivity index (χ0v) is 22.2. The maximum atomic E-state index is 12.6. The van der Waals surface area contributed by atoms with Gasteiger partial charge in [0.25, 0.3) is 5.91 Å². The molecule has 3 aromatic carbocycles. The molecule has 0 radical (unpaired) electrons. The highest BCUT2D eigenvalue weighted by atomic mass is 35.5. The van der Waals surface area contributed by atoms with Gasteiger partial charge in [-0.3, -0.25) is 9.59 Å². The van der Waals surface area contributed by atoms with Gasteiger partial charge in [-0.15, -0.1) is 11.8 Å². The van der Waals surface area contributed by atoms with Crippen molar-refractivity contribution in [1.29, 1.82) is 0 Å². The van der Waals surface area contributed by atoms with Crippen LogP contribution in [0.15, 0.2) is 72.8 Å². The van der Waals surface area contributed by atoms with Crippen LogP contribution in [0, 0.1) is 0 Å². The standard InChI is InChI=1S/C27H26Cl2N2O2S2/c28-23-11-10-22(24(29)16-23)17-34-15-13-30-26(33)20-6-8-21(9-7-20)27-31(25(32)18-35-27)14-12-19-4-2-1-3-5-19/h1-11,16,27H,12-15,17-18H2,(H,30,33)/t27-/m0/s1. The molecule has 0 aromatic heterocycles. The quantitative estimate of drug-likeness (QED) is 0.297. The van der Waals surface area contributed by atoms with E-state index in [1.54, 1.807) is 29.6 Å². The molecule has 0 saturated carbocycles. The minimum Gasteiger partial charge on any atom is -0.351 e. The van der Waals surface area contributed by atoms with Crippen molar-refractivity contribution in [1.82, 2.24) is 10.2 Å². The summed E-state index contributed by atoms with van der Waals surface area (Å²) in [5, 5.41) is 4.24. The van der Waals surface area contributed by atoms with Gasteiger partial charge >= 0.3 is 0 Å². The molecule has 8 heteroatoms. The Balaban J connectivity index is 1.25. The average Bonchev–Trinajstić information content (AvgIpc) is 3.24. The normalized spacial score (nSPS) is 15.4. The summed E-state index contributed by atoms with van der Waals surface area (Å²) in [6, 6.07) is 23.3. The number of nitrogens with one attached hydrogen (secondary N) is 1. The van der Waals surface area contributed by atoms with Gasteiger partial charge in [0.15, 0.2) is 0 Å². The molecule has 3 aromatic rings. The van der Waals surface area contributed by atoms with Crippen molar-refractivity contribution in [3.05, 3.63) is 105 Å². The smallest absolute Gasteiger partial charge is 0.251 e. The lowest BCUT2D eigenvalue weighted by Gasteiger charge is -2.24. The van der Waals surface area contributed by atoms with Crippen LogP contribution in [-0.2, 0) is 17.0 Å². The monoisotopic (exact) mass is 544 g/mol. The average molecular weight is 546 g/mol. The number of carbonyl (C=O) groups is 2. The number of amides is 2. The van der Waals surface area contributed by atoms with Gasteiger partial charge in [0, 0.05) is 40.2 Å². The fourth-order valence-electron chi connectivity index (χ4n) is 3.83. The summed E-state index contributed by atoms with van der Waals surface area (Å²) in [6.45, 7) is 1.25. The largest absolute Gasteiger partial charge is 0.351 e. The predicted molar refractivity (Wildman–Crippen MR) is 148 cm³/mol. The van der Waals surface area contributed by atoms with E-state index in [2.05, 4.69) is 17.4 Å². The van der Waals surface area contributed by atoms with E-state index >= 15 is 0 Å². The van der Waals surface area contributed by atoms with Crippen LogP contribution in [-0.4, -0.2) is 41.3 Å². The van der Waals surface area contributed by atoms with E-state index in [1.165, 1.54) is 5.56 Å². The van der Waals surface area contributed by atoms with Crippen LogP contribution in [0.1, 0.15) is 32.4 Å². The first-order valence-electron chi connectivity index (χ1n) is 11.4. The molecule has 0 spiro atoms. The van der Waals surface area contributed by atoms with Crippen LogP contribution < -0.4 is 5.32 Å². The summed E-state index contributed by atoms with van der Waals surface area (Å²) in [6.07, 6.45) is 0.826. The molecule has 0 bridgehead atoms. The third kappa shape index (κ3) is 7.20. The summed E-state index contributed by atoms with van der Waals surface area (Å²) in [5.41, 5.74) is 3.91. The second-order valence-electron chi connectivity index (χ2n) is 8.15. The summed E-state index contributed by atoms with van der Waals surface area (Å²) in [5.74, 6) is 2.09. The first-order chi connectivity index (χ1) is 17.0. The first kappa shape index (κ1) is 26.0. The van der Waals surface area contributed by atoms with Gasteiger partial charge < -0.3 is 10.2 Å². The number of benzene rings is 3. The van der Waals surface area contributed by atoms with Gasteiger partial charge in [-0.2, -0.15) is 11.8 Å². The summed E-state index contributed by atoms with van der Waals surface area (Å²) in [4.78, 5) is 27.0. The number of halogens is 2. The van der Waals surface area contributed by atoms with Gasteiger partial charge in [0.1, 0.15) is 5.37 Å². The van der Waals surface area contributed by atoms with Gasteiger partial charge in [0.05, 0.1) is 5.75 Å². The van der Waals surface area contributed by atoms with Gasteiger partial charge in [-0.25, -0.2) is 0 Å². The minimum atomic E-state index is -0.0993. The molecule has 182 valence electrons. The van der Waals surface area contributed by atoms with E-state index in [1.807, 2.05) is 59.5 Å². The predicted octanol–water partition coefficient (Wildman–Crippen LogP) is 6.47. The Morgan fingerprint density at radius 1 is 1.06 bits per heavy atom. The van der Waals surface area contributed by atoms with Crippen molar-refractivity contribution in [3.63, 3.8) is 0 Å². The van der Waals surface area contributed by atoms with E-state index in [9.17, 15) is 9.59 Å². The van der Waals surface area contributed by atoms with E-state index in [4.69, 9.17) is 23.2 Å². The van der Waals surface area contributed by atoms with Crippen LogP contribution >= 0.6 is 46.7 Å². The lowest BCUT2D eigenvalue weighted by molar-refractivity contribution is -0.128. The van der Waals surface area contributed by atoms with Crippen LogP contribution in [0.4, 0.5) is 0 Å². The lowest BCUT2D eigenvalue weighted by atomic mass is 10.1. The molecule has 1 aliphatic rings. The Labute approximate surface area is 224 Å². The topological polar surface area (TPSA) is 49.4 Å². The molecule has 4 rings (SSSR count). The molecule has 0 unspecified atom stereocenters. The zero-order chi connectivity index (χ0) is 24.6. The van der Waals surface area contributed by atoms with Crippen molar-refractivity contribution >= 4 is 58.5 Å². The van der Waals surface area contributed by atoms with E-state index < -0.39 is 0 Å². The summed E-state index contributed by atoms with van der Waals surface area (Å²) in [7, 11) is 0. The fraction of sp³-hybridized carbons (Fsp3) is 0.259. The van der Waals surface area contributed by atoms with Gasteiger partial charge in [-0.1, -0.05) is 71.7 Å². The number of rotatable bonds is 10. The third-order valence-electron chi connectivity index (χ3n) is 5.71. The molecule has 1 saturated heterocycles. The molecular weight excluding hydrogens is 519 g/mol. The third-order valence-corrected chi connectivity index (χ3v) is 8.57. The molecule has 2 amide bonds. The molecular formula is C27H26Cl2N2O2S2. The highest BCUT2D eigenvalue weighted by Crippen LogP contribution is 2.38. The van der Waals surface area contributed by atoms with Crippen LogP contribution in [0.25, 0.3) is 0 Å². The Morgan fingerprint density at radius 3 is 2.57 bits per heavy atom. The molecule has 1 N–H and O–H groups in total. The van der Waals surface area contributed by atoms with Crippen molar-refractivity contribution in [2.45, 2.75) is 17.5 Å². The molecule has 1 fully saturated rings. The van der Waals surface area contributed by atoms with E-state index in [0.29, 0.717) is 34.5 Å². The highest BCUT2D eigenvalue weighted by Gasteiger charge is 2.32. The first-order valence-corrected chi connectivity index (χ1v) is 14.3. The van der Waals surface area contributed by atoms with Crippen molar-refractivity contribution < 1.29 is 9.59 Å². The molecule has 0 aliphatic carbocycles. The Bertz CT molecular complexity index is 1160.